The standard InChI is InChI=1S/C20H21ClN4O3S/c1-2-10-24-13-15(4-8-20(24)26)25-11-9-19(22-25)17-7-3-14(12-18(17)21)23-29(27,28)16-5-6-16/h3-4,7-9,11-13,16,23H,2,5-6,10H2,1H3. The van der Waals surface area contributed by atoms with Crippen molar-refractivity contribution in [1.82, 2.24) is 14.3 Å². The van der Waals surface area contributed by atoms with Crippen LogP contribution in [0.25, 0.3) is 16.9 Å². The van der Waals surface area contributed by atoms with Crippen molar-refractivity contribution >= 4 is 27.3 Å². The van der Waals surface area contributed by atoms with E-state index in [0.717, 1.165) is 12.1 Å². The van der Waals surface area contributed by atoms with Crippen LogP contribution in [0.1, 0.15) is 26.2 Å². The second-order valence-electron chi connectivity index (χ2n) is 7.11. The summed E-state index contributed by atoms with van der Waals surface area (Å²) in [5.74, 6) is 0. The van der Waals surface area contributed by atoms with Gasteiger partial charge < -0.3 is 4.57 Å². The van der Waals surface area contributed by atoms with Gasteiger partial charge in [0.25, 0.3) is 5.56 Å². The zero-order valence-corrected chi connectivity index (χ0v) is 17.4. The van der Waals surface area contributed by atoms with Crippen molar-refractivity contribution in [2.45, 2.75) is 38.0 Å². The fourth-order valence-corrected chi connectivity index (χ4v) is 4.75. The second kappa shape index (κ2) is 7.68. The molecule has 0 aliphatic heterocycles. The predicted molar refractivity (Wildman–Crippen MR) is 114 cm³/mol. The summed E-state index contributed by atoms with van der Waals surface area (Å²) in [6.45, 7) is 2.66. The lowest BCUT2D eigenvalue weighted by Gasteiger charge is -2.09. The molecule has 29 heavy (non-hydrogen) atoms. The van der Waals surface area contributed by atoms with Crippen LogP contribution < -0.4 is 10.3 Å². The summed E-state index contributed by atoms with van der Waals surface area (Å²) >= 11 is 6.40. The molecule has 1 aliphatic rings. The highest BCUT2D eigenvalue weighted by molar-refractivity contribution is 7.93. The van der Waals surface area contributed by atoms with Gasteiger partial charge in [-0.25, -0.2) is 13.1 Å². The number of rotatable bonds is 7. The maximum absolute atomic E-state index is 12.1. The molecule has 3 aromatic rings. The van der Waals surface area contributed by atoms with Gasteiger partial charge >= 0.3 is 0 Å². The Morgan fingerprint density at radius 3 is 2.69 bits per heavy atom. The van der Waals surface area contributed by atoms with E-state index in [4.69, 9.17) is 11.6 Å². The van der Waals surface area contributed by atoms with E-state index in [0.29, 0.717) is 41.4 Å². The average Bonchev–Trinajstić information content (AvgIpc) is 3.43. The third kappa shape index (κ3) is 4.23. The third-order valence-corrected chi connectivity index (χ3v) is 6.94. The maximum Gasteiger partial charge on any atom is 0.250 e. The van der Waals surface area contributed by atoms with Gasteiger partial charge in [0.15, 0.2) is 0 Å². The molecule has 1 N–H and O–H groups in total. The van der Waals surface area contributed by atoms with Gasteiger partial charge in [0.1, 0.15) is 0 Å². The van der Waals surface area contributed by atoms with Crippen LogP contribution in [-0.2, 0) is 16.6 Å². The maximum atomic E-state index is 12.1. The number of aryl methyl sites for hydroxylation is 1. The van der Waals surface area contributed by atoms with E-state index in [1.54, 1.807) is 45.9 Å². The van der Waals surface area contributed by atoms with Crippen molar-refractivity contribution in [3.63, 3.8) is 0 Å². The van der Waals surface area contributed by atoms with Gasteiger partial charge in [-0.1, -0.05) is 18.5 Å². The van der Waals surface area contributed by atoms with E-state index < -0.39 is 10.0 Å². The zero-order chi connectivity index (χ0) is 20.6. The van der Waals surface area contributed by atoms with Crippen LogP contribution in [-0.4, -0.2) is 28.0 Å². The Labute approximate surface area is 174 Å². The molecule has 7 nitrogen and oxygen atoms in total. The molecule has 0 radical (unpaired) electrons. The van der Waals surface area contributed by atoms with Crippen molar-refractivity contribution in [1.29, 1.82) is 0 Å². The number of benzene rings is 1. The first-order chi connectivity index (χ1) is 13.9. The Morgan fingerprint density at radius 1 is 1.21 bits per heavy atom. The smallest absolute Gasteiger partial charge is 0.250 e. The van der Waals surface area contributed by atoms with Crippen LogP contribution in [0.15, 0.2) is 53.6 Å². The molecule has 4 rings (SSSR count). The Hall–Kier alpha value is -2.58. The summed E-state index contributed by atoms with van der Waals surface area (Å²) in [6.07, 6.45) is 5.83. The summed E-state index contributed by atoms with van der Waals surface area (Å²) in [6, 6.07) is 10.1. The predicted octanol–water partition coefficient (Wildman–Crippen LogP) is 3.67. The molecule has 1 fully saturated rings. The van der Waals surface area contributed by atoms with Crippen LogP contribution in [0.4, 0.5) is 5.69 Å². The molecule has 2 aromatic heterocycles. The fourth-order valence-electron chi connectivity index (χ4n) is 3.09. The quantitative estimate of drug-likeness (QED) is 0.617. The molecule has 1 saturated carbocycles. The van der Waals surface area contributed by atoms with Gasteiger partial charge in [-0.3, -0.25) is 9.52 Å². The van der Waals surface area contributed by atoms with E-state index in [-0.39, 0.29) is 10.8 Å². The van der Waals surface area contributed by atoms with E-state index in [1.807, 2.05) is 13.0 Å². The van der Waals surface area contributed by atoms with Crippen molar-refractivity contribution in [2.24, 2.45) is 0 Å². The number of nitrogens with one attached hydrogen (secondary N) is 1. The van der Waals surface area contributed by atoms with Gasteiger partial charge in [0.05, 0.1) is 21.7 Å². The molecule has 0 spiro atoms. The molecule has 0 saturated heterocycles. The number of hydrogen-bond donors (Lipinski definition) is 1. The molecule has 1 aliphatic carbocycles. The molecule has 0 unspecified atom stereocenters. The zero-order valence-electron chi connectivity index (χ0n) is 15.9. The number of halogens is 1. The number of aromatic nitrogens is 3. The fraction of sp³-hybridized carbons (Fsp3) is 0.300. The lowest BCUT2D eigenvalue weighted by Crippen LogP contribution is -2.19. The number of pyridine rings is 1. The van der Waals surface area contributed by atoms with Gasteiger partial charge in [0.2, 0.25) is 10.0 Å². The van der Waals surface area contributed by atoms with Crippen LogP contribution in [0.2, 0.25) is 5.02 Å². The Kier molecular flexibility index (Phi) is 5.23. The van der Waals surface area contributed by atoms with Crippen LogP contribution in [0, 0.1) is 0 Å². The van der Waals surface area contributed by atoms with Crippen molar-refractivity contribution in [2.75, 3.05) is 4.72 Å². The normalized spacial score (nSPS) is 14.1. The molecular formula is C20H21ClN4O3S. The van der Waals surface area contributed by atoms with Gasteiger partial charge in [-0.05, 0) is 49.6 Å². The largest absolute Gasteiger partial charge is 0.313 e. The molecule has 152 valence electrons. The Morgan fingerprint density at radius 2 is 2.00 bits per heavy atom. The number of sulfonamides is 1. The van der Waals surface area contributed by atoms with E-state index in [9.17, 15) is 13.2 Å². The second-order valence-corrected chi connectivity index (χ2v) is 9.47. The topological polar surface area (TPSA) is 86.0 Å². The van der Waals surface area contributed by atoms with Gasteiger partial charge in [0, 0.05) is 36.3 Å². The number of anilines is 1. The first-order valence-corrected chi connectivity index (χ1v) is 11.4. The average molecular weight is 433 g/mol. The Bertz CT molecular complexity index is 1210. The number of hydrogen-bond acceptors (Lipinski definition) is 4. The molecule has 0 atom stereocenters. The van der Waals surface area contributed by atoms with Crippen LogP contribution >= 0.6 is 11.6 Å². The summed E-state index contributed by atoms with van der Waals surface area (Å²) < 4.78 is 30.1. The van der Waals surface area contributed by atoms with Gasteiger partial charge in [-0.15, -0.1) is 0 Å². The summed E-state index contributed by atoms with van der Waals surface area (Å²) in [7, 11) is -3.33. The van der Waals surface area contributed by atoms with Crippen molar-refractivity contribution in [3.05, 3.63) is 64.2 Å². The SMILES string of the molecule is CCCn1cc(-n2ccc(-c3ccc(NS(=O)(=O)C4CC4)cc3Cl)n2)ccc1=O. The molecule has 2 heterocycles. The van der Waals surface area contributed by atoms with Crippen LogP contribution in [0.3, 0.4) is 0 Å². The first kappa shape index (κ1) is 19.7. The first-order valence-electron chi connectivity index (χ1n) is 9.45. The lowest BCUT2D eigenvalue weighted by atomic mass is 10.1. The van der Waals surface area contributed by atoms with Crippen LogP contribution in [0.5, 0.6) is 0 Å². The van der Waals surface area contributed by atoms with E-state index >= 15 is 0 Å². The highest BCUT2D eigenvalue weighted by atomic mass is 35.5. The highest BCUT2D eigenvalue weighted by Gasteiger charge is 2.35. The lowest BCUT2D eigenvalue weighted by molar-refractivity contribution is 0.600. The molecule has 9 heteroatoms. The monoisotopic (exact) mass is 432 g/mol. The Balaban J connectivity index is 1.59. The van der Waals surface area contributed by atoms with Crippen molar-refractivity contribution < 1.29 is 8.42 Å². The summed E-state index contributed by atoms with van der Waals surface area (Å²) in [4.78, 5) is 11.9. The summed E-state index contributed by atoms with van der Waals surface area (Å²) in [5.41, 5.74) is 2.52. The minimum Gasteiger partial charge on any atom is -0.313 e. The van der Waals surface area contributed by atoms with E-state index in [1.165, 1.54) is 6.07 Å². The molecular weight excluding hydrogens is 412 g/mol. The van der Waals surface area contributed by atoms with Gasteiger partial charge in [-0.2, -0.15) is 5.10 Å². The minimum atomic E-state index is -3.33. The van der Waals surface area contributed by atoms with Crippen molar-refractivity contribution in [3.8, 4) is 16.9 Å². The molecule has 0 amide bonds. The summed E-state index contributed by atoms with van der Waals surface area (Å²) in [5, 5.41) is 4.67. The minimum absolute atomic E-state index is 0.0461. The molecule has 0 bridgehead atoms. The number of nitrogens with zero attached hydrogens (tertiary/aromatic N) is 3. The molecule has 1 aromatic carbocycles. The third-order valence-electron chi connectivity index (χ3n) is 4.75. The van der Waals surface area contributed by atoms with E-state index in [2.05, 4.69) is 9.82 Å². The highest BCUT2D eigenvalue weighted by Crippen LogP contribution is 2.33.